The van der Waals surface area contributed by atoms with Crippen LogP contribution in [0.25, 0.3) is 10.9 Å². The van der Waals surface area contributed by atoms with E-state index >= 15 is 0 Å². The minimum Gasteiger partial charge on any atom is -0.298 e. The van der Waals surface area contributed by atoms with Gasteiger partial charge < -0.3 is 0 Å². The number of hydrogen-bond donors (Lipinski definition) is 0. The lowest BCUT2D eigenvalue weighted by molar-refractivity contribution is 0.189. The summed E-state index contributed by atoms with van der Waals surface area (Å²) in [5.74, 6) is 0. The van der Waals surface area contributed by atoms with Crippen LogP contribution in [0.1, 0.15) is 36.9 Å². The molecule has 0 aliphatic heterocycles. The molecule has 0 saturated heterocycles. The van der Waals surface area contributed by atoms with Crippen molar-refractivity contribution in [3.8, 4) is 0 Å². The maximum atomic E-state index is 6.54. The highest BCUT2D eigenvalue weighted by Gasteiger charge is 2.26. The molecule has 0 N–H and O–H groups in total. The fourth-order valence-corrected chi connectivity index (χ4v) is 3.95. The molecule has 112 valence electrons. The van der Waals surface area contributed by atoms with E-state index in [0.29, 0.717) is 6.04 Å². The van der Waals surface area contributed by atoms with Crippen LogP contribution in [0, 0.1) is 6.92 Å². The van der Waals surface area contributed by atoms with Crippen LogP contribution in [-0.4, -0.2) is 28.4 Å². The topological polar surface area (TPSA) is 16.1 Å². The summed E-state index contributed by atoms with van der Waals surface area (Å²) in [6, 6.07) is 11.1. The van der Waals surface area contributed by atoms with E-state index in [4.69, 9.17) is 11.6 Å². The molecule has 3 heteroatoms. The molecular formula is C18H23ClN2. The van der Waals surface area contributed by atoms with E-state index in [2.05, 4.69) is 54.2 Å². The molecule has 0 amide bonds. The zero-order valence-electron chi connectivity index (χ0n) is 12.8. The lowest BCUT2D eigenvalue weighted by Crippen LogP contribution is -2.40. The first-order valence-electron chi connectivity index (χ1n) is 7.85. The third kappa shape index (κ3) is 3.22. The standard InChI is InChI=1S/C18H23ClN2/c1-13-11-14(15-7-3-5-9-17(15)20-13)12-21(2)18-10-6-4-8-16(18)19/h3,5,7,9,11,16,18H,4,6,8,10,12H2,1-2H3. The number of aromatic nitrogens is 1. The van der Waals surface area contributed by atoms with E-state index in [9.17, 15) is 0 Å². The number of pyridine rings is 1. The zero-order chi connectivity index (χ0) is 14.8. The van der Waals surface area contributed by atoms with E-state index in [1.165, 1.54) is 30.2 Å². The number of halogens is 1. The van der Waals surface area contributed by atoms with Gasteiger partial charge in [0, 0.05) is 29.0 Å². The van der Waals surface area contributed by atoms with Gasteiger partial charge in [0.25, 0.3) is 0 Å². The Labute approximate surface area is 132 Å². The van der Waals surface area contributed by atoms with Crippen molar-refractivity contribution in [1.29, 1.82) is 0 Å². The van der Waals surface area contributed by atoms with Crippen molar-refractivity contribution < 1.29 is 0 Å². The number of aryl methyl sites for hydroxylation is 1. The molecule has 1 fully saturated rings. The molecule has 2 atom stereocenters. The van der Waals surface area contributed by atoms with Gasteiger partial charge in [-0.05, 0) is 44.5 Å². The number of nitrogens with zero attached hydrogens (tertiary/aromatic N) is 2. The second-order valence-electron chi connectivity index (χ2n) is 6.22. The summed E-state index contributed by atoms with van der Waals surface area (Å²) < 4.78 is 0. The Morgan fingerprint density at radius 2 is 2.00 bits per heavy atom. The molecule has 2 unspecified atom stereocenters. The highest BCUT2D eigenvalue weighted by Crippen LogP contribution is 2.28. The molecule has 1 saturated carbocycles. The first kappa shape index (κ1) is 14.8. The van der Waals surface area contributed by atoms with Gasteiger partial charge in [0.05, 0.1) is 5.52 Å². The van der Waals surface area contributed by atoms with Crippen LogP contribution < -0.4 is 0 Å². The summed E-state index contributed by atoms with van der Waals surface area (Å²) in [6.07, 6.45) is 4.93. The summed E-state index contributed by atoms with van der Waals surface area (Å²) in [5, 5.41) is 1.55. The third-order valence-electron chi connectivity index (χ3n) is 4.56. The van der Waals surface area contributed by atoms with Crippen LogP contribution in [0.2, 0.25) is 0 Å². The lowest BCUT2D eigenvalue weighted by Gasteiger charge is -2.35. The average Bonchev–Trinajstić information content (AvgIpc) is 2.47. The molecule has 0 bridgehead atoms. The Bertz CT molecular complexity index is 626. The van der Waals surface area contributed by atoms with Gasteiger partial charge in [-0.3, -0.25) is 9.88 Å². The molecule has 1 aliphatic rings. The van der Waals surface area contributed by atoms with Crippen LogP contribution in [-0.2, 0) is 6.54 Å². The van der Waals surface area contributed by atoms with Gasteiger partial charge in [0.1, 0.15) is 0 Å². The van der Waals surface area contributed by atoms with Gasteiger partial charge in [-0.25, -0.2) is 0 Å². The monoisotopic (exact) mass is 302 g/mol. The minimum atomic E-state index is 0.290. The van der Waals surface area contributed by atoms with Crippen molar-refractivity contribution in [2.24, 2.45) is 0 Å². The van der Waals surface area contributed by atoms with Crippen LogP contribution in [0.15, 0.2) is 30.3 Å². The van der Waals surface area contributed by atoms with E-state index < -0.39 is 0 Å². The molecule has 1 aliphatic carbocycles. The summed E-state index contributed by atoms with van der Waals surface area (Å²) in [4.78, 5) is 7.06. The van der Waals surface area contributed by atoms with E-state index in [1.807, 2.05) is 0 Å². The average molecular weight is 303 g/mol. The summed E-state index contributed by atoms with van der Waals surface area (Å²) in [6.45, 7) is 3.01. The van der Waals surface area contributed by atoms with Gasteiger partial charge in [-0.1, -0.05) is 31.0 Å². The van der Waals surface area contributed by atoms with Crippen LogP contribution in [0.3, 0.4) is 0 Å². The van der Waals surface area contributed by atoms with Gasteiger partial charge >= 0.3 is 0 Å². The lowest BCUT2D eigenvalue weighted by atomic mass is 9.93. The normalized spacial score (nSPS) is 22.9. The van der Waals surface area contributed by atoms with E-state index in [-0.39, 0.29) is 5.38 Å². The smallest absolute Gasteiger partial charge is 0.0708 e. The number of alkyl halides is 1. The number of para-hydroxylation sites is 1. The van der Waals surface area contributed by atoms with Crippen molar-refractivity contribution >= 4 is 22.5 Å². The van der Waals surface area contributed by atoms with Gasteiger partial charge in [-0.15, -0.1) is 11.6 Å². The zero-order valence-corrected chi connectivity index (χ0v) is 13.6. The van der Waals surface area contributed by atoms with Crippen molar-refractivity contribution in [3.05, 3.63) is 41.6 Å². The predicted octanol–water partition coefficient (Wildman–Crippen LogP) is 4.53. The van der Waals surface area contributed by atoms with Gasteiger partial charge in [0.15, 0.2) is 0 Å². The molecule has 0 radical (unpaired) electrons. The van der Waals surface area contributed by atoms with Crippen molar-refractivity contribution in [2.45, 2.75) is 50.6 Å². The Morgan fingerprint density at radius 1 is 1.24 bits per heavy atom. The summed E-state index contributed by atoms with van der Waals surface area (Å²) >= 11 is 6.54. The number of rotatable bonds is 3. The molecule has 0 spiro atoms. The number of benzene rings is 1. The largest absolute Gasteiger partial charge is 0.298 e. The molecule has 2 aromatic rings. The second-order valence-corrected chi connectivity index (χ2v) is 6.78. The minimum absolute atomic E-state index is 0.290. The Kier molecular flexibility index (Phi) is 4.46. The Balaban J connectivity index is 1.87. The second kappa shape index (κ2) is 6.33. The molecule has 1 aromatic heterocycles. The molecule has 3 rings (SSSR count). The quantitative estimate of drug-likeness (QED) is 0.775. The SMILES string of the molecule is Cc1cc(CN(C)C2CCCCC2Cl)c2ccccc2n1. The van der Waals surface area contributed by atoms with Crippen molar-refractivity contribution in [1.82, 2.24) is 9.88 Å². The van der Waals surface area contributed by atoms with Crippen molar-refractivity contribution in [2.75, 3.05) is 7.05 Å². The van der Waals surface area contributed by atoms with Crippen LogP contribution in [0.4, 0.5) is 0 Å². The molecule has 1 aromatic carbocycles. The Hall–Kier alpha value is -1.12. The first-order chi connectivity index (χ1) is 10.1. The molecule has 21 heavy (non-hydrogen) atoms. The van der Waals surface area contributed by atoms with E-state index in [1.54, 1.807) is 0 Å². The molecule has 1 heterocycles. The van der Waals surface area contributed by atoms with Crippen molar-refractivity contribution in [3.63, 3.8) is 0 Å². The van der Waals surface area contributed by atoms with E-state index in [0.717, 1.165) is 24.2 Å². The number of fused-ring (bicyclic) bond motifs is 1. The van der Waals surface area contributed by atoms with Crippen LogP contribution >= 0.6 is 11.6 Å². The maximum Gasteiger partial charge on any atom is 0.0708 e. The fourth-order valence-electron chi connectivity index (χ4n) is 3.47. The third-order valence-corrected chi connectivity index (χ3v) is 5.07. The maximum absolute atomic E-state index is 6.54. The van der Waals surface area contributed by atoms with Crippen LogP contribution in [0.5, 0.6) is 0 Å². The number of hydrogen-bond acceptors (Lipinski definition) is 2. The van der Waals surface area contributed by atoms with Gasteiger partial charge in [0.2, 0.25) is 0 Å². The molecule has 2 nitrogen and oxygen atoms in total. The predicted molar refractivity (Wildman–Crippen MR) is 89.8 cm³/mol. The summed E-state index contributed by atoms with van der Waals surface area (Å²) in [7, 11) is 2.20. The Morgan fingerprint density at radius 3 is 2.81 bits per heavy atom. The first-order valence-corrected chi connectivity index (χ1v) is 8.28. The highest BCUT2D eigenvalue weighted by molar-refractivity contribution is 6.21. The van der Waals surface area contributed by atoms with Gasteiger partial charge in [-0.2, -0.15) is 0 Å². The summed E-state index contributed by atoms with van der Waals surface area (Å²) in [5.41, 5.74) is 3.53. The molecular weight excluding hydrogens is 280 g/mol. The highest BCUT2D eigenvalue weighted by atomic mass is 35.5. The fraction of sp³-hybridized carbons (Fsp3) is 0.500.